The summed E-state index contributed by atoms with van der Waals surface area (Å²) in [6, 6.07) is 15.2. The van der Waals surface area contributed by atoms with Crippen LogP contribution in [0.3, 0.4) is 0 Å². The van der Waals surface area contributed by atoms with E-state index in [1.165, 1.54) is 24.4 Å². The maximum atomic E-state index is 13.5. The molecular weight excluding hydrogens is 492 g/mol. The first-order chi connectivity index (χ1) is 18.4. The van der Waals surface area contributed by atoms with E-state index >= 15 is 0 Å². The van der Waals surface area contributed by atoms with Gasteiger partial charge in [0, 0.05) is 41.9 Å². The molecule has 5 rings (SSSR count). The van der Waals surface area contributed by atoms with Crippen LogP contribution in [0.25, 0.3) is 17.7 Å². The van der Waals surface area contributed by atoms with Gasteiger partial charge in [-0.2, -0.15) is 0 Å². The number of carbonyl (C=O) groups is 2. The van der Waals surface area contributed by atoms with Crippen molar-refractivity contribution in [2.45, 2.75) is 0 Å². The number of nitrogens with one attached hydrogen (secondary N) is 4. The summed E-state index contributed by atoms with van der Waals surface area (Å²) < 4.78 is 27.6. The van der Waals surface area contributed by atoms with Crippen LogP contribution in [0.2, 0.25) is 0 Å². The third kappa shape index (κ3) is 5.14. The standard InChI is InChI=1S/C28H21F2N5O3/c29-23-10-8-19(16-24(23)30)34-35-13-3-6-21(28(35)38)26(36)32-12-1-4-17-7-9-20-22(15-18-5-2-11-31-18)27(37)33-25(20)14-17/h1-11,13-16,31,34H,12H2,(H,32,36)(H,33,37)/b4-1+,22-15-. The summed E-state index contributed by atoms with van der Waals surface area (Å²) in [5, 5.41) is 5.51. The van der Waals surface area contributed by atoms with Crippen LogP contribution < -0.4 is 21.6 Å². The number of fused-ring (bicyclic) bond motifs is 1. The van der Waals surface area contributed by atoms with E-state index in [9.17, 15) is 23.2 Å². The first-order valence-electron chi connectivity index (χ1n) is 11.6. The number of H-pyrrole nitrogens is 1. The van der Waals surface area contributed by atoms with Gasteiger partial charge in [-0.05, 0) is 54.1 Å². The van der Waals surface area contributed by atoms with Gasteiger partial charge in [-0.3, -0.25) is 19.8 Å². The fourth-order valence-electron chi connectivity index (χ4n) is 3.95. The van der Waals surface area contributed by atoms with Gasteiger partial charge in [-0.25, -0.2) is 13.5 Å². The minimum Gasteiger partial charge on any atom is -0.362 e. The number of carbonyl (C=O) groups excluding carboxylic acids is 2. The highest BCUT2D eigenvalue weighted by Gasteiger charge is 2.24. The average molecular weight is 514 g/mol. The molecule has 8 nitrogen and oxygen atoms in total. The summed E-state index contributed by atoms with van der Waals surface area (Å²) in [7, 11) is 0. The van der Waals surface area contributed by atoms with Crippen molar-refractivity contribution in [1.29, 1.82) is 0 Å². The Morgan fingerprint density at radius 3 is 2.66 bits per heavy atom. The first kappa shape index (κ1) is 24.4. The Hall–Kier alpha value is -5.25. The van der Waals surface area contributed by atoms with Crippen molar-refractivity contribution in [3.63, 3.8) is 0 Å². The van der Waals surface area contributed by atoms with E-state index in [0.717, 1.165) is 33.6 Å². The second kappa shape index (κ2) is 10.4. The van der Waals surface area contributed by atoms with Crippen LogP contribution in [0, 0.1) is 11.6 Å². The van der Waals surface area contributed by atoms with Crippen molar-refractivity contribution in [2.75, 3.05) is 17.3 Å². The van der Waals surface area contributed by atoms with Gasteiger partial charge < -0.3 is 15.6 Å². The second-order valence-corrected chi connectivity index (χ2v) is 8.39. The molecule has 1 aliphatic rings. The minimum absolute atomic E-state index is 0.127. The Kier molecular flexibility index (Phi) is 6.68. The molecular formula is C28H21F2N5O3. The number of pyridine rings is 1. The lowest BCUT2D eigenvalue weighted by molar-refractivity contribution is -0.110. The summed E-state index contributed by atoms with van der Waals surface area (Å²) >= 11 is 0. The molecule has 0 atom stereocenters. The van der Waals surface area contributed by atoms with Crippen LogP contribution in [-0.2, 0) is 4.79 Å². The van der Waals surface area contributed by atoms with Crippen LogP contribution in [0.1, 0.15) is 27.2 Å². The Balaban J connectivity index is 1.22. The molecule has 0 aliphatic carbocycles. The monoisotopic (exact) mass is 513 g/mol. The van der Waals surface area contributed by atoms with Gasteiger partial charge in [0.2, 0.25) is 0 Å². The molecule has 38 heavy (non-hydrogen) atoms. The molecule has 10 heteroatoms. The normalized spacial score (nSPS) is 13.5. The van der Waals surface area contributed by atoms with Gasteiger partial charge in [0.05, 0.1) is 11.3 Å². The number of halogens is 2. The Morgan fingerprint density at radius 2 is 1.87 bits per heavy atom. The zero-order chi connectivity index (χ0) is 26.6. The summed E-state index contributed by atoms with van der Waals surface area (Å²) in [4.78, 5) is 40.7. The average Bonchev–Trinajstić information content (AvgIpc) is 3.53. The highest BCUT2D eigenvalue weighted by Crippen LogP contribution is 2.33. The molecule has 0 bridgehead atoms. The zero-order valence-corrected chi connectivity index (χ0v) is 19.8. The molecule has 0 radical (unpaired) electrons. The lowest BCUT2D eigenvalue weighted by Crippen LogP contribution is -2.35. The fourth-order valence-corrected chi connectivity index (χ4v) is 3.95. The van der Waals surface area contributed by atoms with Crippen molar-refractivity contribution in [3.8, 4) is 0 Å². The van der Waals surface area contributed by atoms with Crippen LogP contribution in [0.4, 0.5) is 20.2 Å². The van der Waals surface area contributed by atoms with Crippen LogP contribution >= 0.6 is 0 Å². The maximum absolute atomic E-state index is 13.5. The van der Waals surface area contributed by atoms with Crippen LogP contribution in [-0.4, -0.2) is 28.0 Å². The van der Waals surface area contributed by atoms with Crippen LogP contribution in [0.5, 0.6) is 0 Å². The van der Waals surface area contributed by atoms with E-state index in [1.807, 2.05) is 30.3 Å². The number of hydrogen-bond acceptors (Lipinski definition) is 4. The molecule has 4 aromatic rings. The van der Waals surface area contributed by atoms with Crippen LogP contribution in [0.15, 0.2) is 83.9 Å². The number of aromatic nitrogens is 2. The predicted octanol–water partition coefficient (Wildman–Crippen LogP) is 4.27. The molecule has 0 fully saturated rings. The van der Waals surface area contributed by atoms with E-state index in [4.69, 9.17) is 0 Å². The Bertz CT molecular complexity index is 1660. The summed E-state index contributed by atoms with van der Waals surface area (Å²) in [6.07, 6.45) is 8.44. The third-order valence-corrected chi connectivity index (χ3v) is 5.80. The highest BCUT2D eigenvalue weighted by atomic mass is 19.2. The number of hydrogen-bond donors (Lipinski definition) is 4. The van der Waals surface area contributed by atoms with Crippen molar-refractivity contribution >= 4 is 40.9 Å². The van der Waals surface area contributed by atoms with E-state index in [2.05, 4.69) is 21.0 Å². The zero-order valence-electron chi connectivity index (χ0n) is 19.8. The van der Waals surface area contributed by atoms with E-state index in [-0.39, 0.29) is 23.7 Å². The quantitative estimate of drug-likeness (QED) is 0.277. The molecule has 190 valence electrons. The minimum atomic E-state index is -1.07. The SMILES string of the molecule is O=C1Nc2cc(/C=C/CNC(=O)c3cccn(Nc4ccc(F)c(F)c4)c3=O)ccc2/C1=C/c1ccc[nH]1. The van der Waals surface area contributed by atoms with Gasteiger partial charge in [-0.1, -0.05) is 24.3 Å². The Morgan fingerprint density at radius 1 is 1.00 bits per heavy atom. The van der Waals surface area contributed by atoms with Crippen molar-refractivity contribution < 1.29 is 18.4 Å². The molecule has 2 amide bonds. The van der Waals surface area contributed by atoms with Gasteiger partial charge in [0.25, 0.3) is 17.4 Å². The number of amides is 2. The van der Waals surface area contributed by atoms with Crippen molar-refractivity contribution in [2.24, 2.45) is 0 Å². The lowest BCUT2D eigenvalue weighted by atomic mass is 10.0. The first-order valence-corrected chi connectivity index (χ1v) is 11.6. The topological polar surface area (TPSA) is 108 Å². The summed E-state index contributed by atoms with van der Waals surface area (Å²) in [5.41, 5.74) is 5.69. The molecule has 1 aliphatic heterocycles. The third-order valence-electron chi connectivity index (χ3n) is 5.80. The molecule has 0 saturated carbocycles. The van der Waals surface area contributed by atoms with E-state index in [0.29, 0.717) is 11.3 Å². The number of rotatable bonds is 7. The lowest BCUT2D eigenvalue weighted by Gasteiger charge is -2.11. The molecule has 0 unspecified atom stereocenters. The fraction of sp³-hybridized carbons (Fsp3) is 0.0357. The summed E-state index contributed by atoms with van der Waals surface area (Å²) in [5.74, 6) is -2.86. The molecule has 2 aromatic heterocycles. The molecule has 3 heterocycles. The second-order valence-electron chi connectivity index (χ2n) is 8.39. The smallest absolute Gasteiger partial charge is 0.281 e. The number of benzene rings is 2. The number of anilines is 2. The van der Waals surface area contributed by atoms with Gasteiger partial charge in [-0.15, -0.1) is 0 Å². The van der Waals surface area contributed by atoms with Gasteiger partial charge in [0.1, 0.15) is 5.56 Å². The molecule has 0 spiro atoms. The number of nitrogens with zero attached hydrogens (tertiary/aromatic N) is 1. The van der Waals surface area contributed by atoms with Crippen molar-refractivity contribution in [3.05, 3.63) is 124 Å². The highest BCUT2D eigenvalue weighted by molar-refractivity contribution is 6.34. The predicted molar refractivity (Wildman–Crippen MR) is 141 cm³/mol. The summed E-state index contributed by atoms with van der Waals surface area (Å²) in [6.45, 7) is 0.144. The van der Waals surface area contributed by atoms with E-state index < -0.39 is 23.1 Å². The Labute approximate surface area is 215 Å². The van der Waals surface area contributed by atoms with Crippen molar-refractivity contribution in [1.82, 2.24) is 15.0 Å². The molecule has 2 aromatic carbocycles. The molecule has 0 saturated heterocycles. The molecule has 4 N–H and O–H groups in total. The van der Waals surface area contributed by atoms with Gasteiger partial charge in [0.15, 0.2) is 11.6 Å². The van der Waals surface area contributed by atoms with Gasteiger partial charge >= 0.3 is 0 Å². The number of aromatic amines is 1. The maximum Gasteiger partial charge on any atom is 0.281 e. The largest absolute Gasteiger partial charge is 0.362 e. The van der Waals surface area contributed by atoms with E-state index in [1.54, 1.807) is 24.4 Å².